The van der Waals surface area contributed by atoms with Crippen molar-refractivity contribution in [1.29, 1.82) is 0 Å². The van der Waals surface area contributed by atoms with E-state index in [-0.39, 0.29) is 17.9 Å². The van der Waals surface area contributed by atoms with E-state index in [9.17, 15) is 9.59 Å². The lowest BCUT2D eigenvalue weighted by Crippen LogP contribution is -2.40. The van der Waals surface area contributed by atoms with Gasteiger partial charge in [-0.15, -0.1) is 0 Å². The summed E-state index contributed by atoms with van der Waals surface area (Å²) in [6.07, 6.45) is 4.72. The summed E-state index contributed by atoms with van der Waals surface area (Å²) in [6, 6.07) is 7.39. The number of fused-ring (bicyclic) bond motifs is 1. The molecule has 0 saturated heterocycles. The maximum atomic E-state index is 12.4. The van der Waals surface area contributed by atoms with Gasteiger partial charge in [-0.3, -0.25) is 9.59 Å². The van der Waals surface area contributed by atoms with Crippen LogP contribution >= 0.6 is 0 Å². The molecule has 1 fully saturated rings. The van der Waals surface area contributed by atoms with Crippen molar-refractivity contribution in [3.63, 3.8) is 0 Å². The molecule has 21 heavy (non-hydrogen) atoms. The molecular weight excluding hydrogens is 268 g/mol. The maximum Gasteiger partial charge on any atom is 0.306 e. The second kappa shape index (κ2) is 5.60. The predicted octanol–water partition coefficient (Wildman–Crippen LogP) is 2.54. The summed E-state index contributed by atoms with van der Waals surface area (Å²) in [4.78, 5) is 26.6. The monoisotopic (exact) mass is 286 g/mol. The first-order valence-corrected chi connectivity index (χ1v) is 7.25. The predicted molar refractivity (Wildman–Crippen MR) is 79.1 cm³/mol. The number of carbonyl (C=O) groups is 2. The van der Waals surface area contributed by atoms with Gasteiger partial charge in [0.15, 0.2) is 0 Å². The molecule has 1 amide bonds. The molecule has 2 unspecified atom stereocenters. The highest BCUT2D eigenvalue weighted by atomic mass is 16.4. The van der Waals surface area contributed by atoms with E-state index in [0.717, 1.165) is 23.7 Å². The van der Waals surface area contributed by atoms with Crippen LogP contribution in [0.15, 0.2) is 30.5 Å². The van der Waals surface area contributed by atoms with Crippen molar-refractivity contribution < 1.29 is 14.7 Å². The quantitative estimate of drug-likeness (QED) is 0.811. The molecule has 5 heteroatoms. The second-order valence-electron chi connectivity index (χ2n) is 5.62. The average Bonchev–Trinajstić information content (AvgIpc) is 2.95. The van der Waals surface area contributed by atoms with Gasteiger partial charge >= 0.3 is 5.97 Å². The smallest absolute Gasteiger partial charge is 0.306 e. The summed E-state index contributed by atoms with van der Waals surface area (Å²) < 4.78 is 0. The van der Waals surface area contributed by atoms with Gasteiger partial charge in [-0.2, -0.15) is 0 Å². The fourth-order valence-electron chi connectivity index (χ4n) is 3.09. The van der Waals surface area contributed by atoms with Crippen molar-refractivity contribution >= 4 is 22.8 Å². The van der Waals surface area contributed by atoms with Gasteiger partial charge in [0, 0.05) is 28.7 Å². The number of carbonyl (C=O) groups excluding carboxylic acids is 1. The zero-order valence-electron chi connectivity index (χ0n) is 11.6. The van der Waals surface area contributed by atoms with E-state index in [1.807, 2.05) is 24.4 Å². The molecule has 2 aromatic rings. The van der Waals surface area contributed by atoms with Gasteiger partial charge in [0.05, 0.1) is 5.92 Å². The number of hydrogen-bond donors (Lipinski definition) is 3. The fourth-order valence-corrected chi connectivity index (χ4v) is 3.09. The zero-order chi connectivity index (χ0) is 14.8. The maximum absolute atomic E-state index is 12.4. The molecule has 0 radical (unpaired) electrons. The molecule has 0 aliphatic heterocycles. The highest BCUT2D eigenvalue weighted by molar-refractivity contribution is 6.06. The van der Waals surface area contributed by atoms with Gasteiger partial charge in [-0.1, -0.05) is 12.5 Å². The number of nitrogens with one attached hydrogen (secondary N) is 2. The van der Waals surface area contributed by atoms with E-state index in [2.05, 4.69) is 10.3 Å². The van der Waals surface area contributed by atoms with Crippen LogP contribution in [-0.4, -0.2) is 28.0 Å². The average molecular weight is 286 g/mol. The molecule has 5 nitrogen and oxygen atoms in total. The highest BCUT2D eigenvalue weighted by Crippen LogP contribution is 2.25. The zero-order valence-corrected chi connectivity index (χ0v) is 11.6. The Bertz CT molecular complexity index is 677. The van der Waals surface area contributed by atoms with Gasteiger partial charge in [-0.05, 0) is 37.5 Å². The molecule has 0 bridgehead atoms. The van der Waals surface area contributed by atoms with Crippen molar-refractivity contribution in [1.82, 2.24) is 10.3 Å². The minimum atomic E-state index is -0.762. The molecule has 1 aromatic heterocycles. The number of amides is 1. The van der Waals surface area contributed by atoms with Gasteiger partial charge in [-0.25, -0.2) is 0 Å². The molecule has 1 aliphatic carbocycles. The lowest BCUT2D eigenvalue weighted by atomic mass is 9.85. The fraction of sp³-hybridized carbons (Fsp3) is 0.375. The summed E-state index contributed by atoms with van der Waals surface area (Å²) in [5.41, 5.74) is 1.56. The van der Waals surface area contributed by atoms with Crippen LogP contribution in [0, 0.1) is 5.92 Å². The summed E-state index contributed by atoms with van der Waals surface area (Å²) in [5, 5.41) is 13.0. The van der Waals surface area contributed by atoms with E-state index in [1.54, 1.807) is 6.07 Å². The number of carboxylic acid groups (broad SMARTS) is 1. The molecule has 1 aromatic carbocycles. The Morgan fingerprint density at radius 1 is 1.24 bits per heavy atom. The van der Waals surface area contributed by atoms with Gasteiger partial charge < -0.3 is 15.4 Å². The summed E-state index contributed by atoms with van der Waals surface area (Å²) >= 11 is 0. The molecule has 2 atom stereocenters. The van der Waals surface area contributed by atoms with Crippen molar-refractivity contribution in [2.45, 2.75) is 31.7 Å². The third-order valence-corrected chi connectivity index (χ3v) is 4.20. The van der Waals surface area contributed by atoms with Crippen LogP contribution in [0.3, 0.4) is 0 Å². The lowest BCUT2D eigenvalue weighted by Gasteiger charge is -2.27. The molecule has 0 spiro atoms. The van der Waals surface area contributed by atoms with Crippen LogP contribution in [0.1, 0.15) is 36.0 Å². The van der Waals surface area contributed by atoms with E-state index >= 15 is 0 Å². The number of hydrogen-bond acceptors (Lipinski definition) is 2. The Kier molecular flexibility index (Phi) is 3.64. The SMILES string of the molecule is O=C(NC1CCCC(C(=O)O)C1)c1cccc2[nH]ccc12. The third-order valence-electron chi connectivity index (χ3n) is 4.20. The standard InChI is InChI=1S/C16H18N2O3/c19-15(13-5-2-6-14-12(13)7-8-17-14)18-11-4-1-3-10(9-11)16(20)21/h2,5-8,10-11,17H,1,3-4,9H2,(H,18,19)(H,20,21). The van der Waals surface area contributed by atoms with Crippen molar-refractivity contribution in [3.8, 4) is 0 Å². The number of aliphatic carboxylic acids is 1. The highest BCUT2D eigenvalue weighted by Gasteiger charge is 2.28. The lowest BCUT2D eigenvalue weighted by molar-refractivity contribution is -0.143. The van der Waals surface area contributed by atoms with E-state index in [0.29, 0.717) is 18.4 Å². The van der Waals surface area contributed by atoms with Crippen LogP contribution in [0.25, 0.3) is 10.9 Å². The van der Waals surface area contributed by atoms with Crippen LogP contribution < -0.4 is 5.32 Å². The number of H-pyrrole nitrogens is 1. The number of rotatable bonds is 3. The third kappa shape index (κ3) is 2.77. The molecule has 1 aliphatic rings. The van der Waals surface area contributed by atoms with Crippen LogP contribution in [0.4, 0.5) is 0 Å². The first-order valence-electron chi connectivity index (χ1n) is 7.25. The van der Waals surface area contributed by atoms with Crippen LogP contribution in [-0.2, 0) is 4.79 Å². The number of carboxylic acids is 1. The van der Waals surface area contributed by atoms with Gasteiger partial charge in [0.25, 0.3) is 5.91 Å². The van der Waals surface area contributed by atoms with Crippen molar-refractivity contribution in [3.05, 3.63) is 36.0 Å². The van der Waals surface area contributed by atoms with Crippen molar-refractivity contribution in [2.24, 2.45) is 5.92 Å². The molecule has 110 valence electrons. The number of aromatic amines is 1. The largest absolute Gasteiger partial charge is 0.481 e. The van der Waals surface area contributed by atoms with E-state index in [4.69, 9.17) is 5.11 Å². The topological polar surface area (TPSA) is 82.2 Å². The molecule has 3 N–H and O–H groups in total. The Morgan fingerprint density at radius 3 is 2.90 bits per heavy atom. The first kappa shape index (κ1) is 13.7. The van der Waals surface area contributed by atoms with E-state index in [1.165, 1.54) is 0 Å². The van der Waals surface area contributed by atoms with Gasteiger partial charge in [0.1, 0.15) is 0 Å². The van der Waals surface area contributed by atoms with E-state index < -0.39 is 5.97 Å². The number of aromatic nitrogens is 1. The molecule has 3 rings (SSSR count). The summed E-state index contributed by atoms with van der Waals surface area (Å²) in [7, 11) is 0. The Labute approximate surface area is 122 Å². The minimum absolute atomic E-state index is 0.0541. The Balaban J connectivity index is 1.74. The summed E-state index contributed by atoms with van der Waals surface area (Å²) in [5.74, 6) is -1.23. The number of benzene rings is 1. The minimum Gasteiger partial charge on any atom is -0.481 e. The second-order valence-corrected chi connectivity index (χ2v) is 5.62. The van der Waals surface area contributed by atoms with Crippen LogP contribution in [0.2, 0.25) is 0 Å². The first-order chi connectivity index (χ1) is 10.1. The molecular formula is C16H18N2O3. The molecule has 1 saturated carbocycles. The normalized spacial score (nSPS) is 22.1. The van der Waals surface area contributed by atoms with Gasteiger partial charge in [0.2, 0.25) is 0 Å². The molecule has 1 heterocycles. The van der Waals surface area contributed by atoms with Crippen molar-refractivity contribution in [2.75, 3.05) is 0 Å². The Hall–Kier alpha value is -2.30. The van der Waals surface area contributed by atoms with Crippen LogP contribution in [0.5, 0.6) is 0 Å². The Morgan fingerprint density at radius 2 is 2.10 bits per heavy atom. The summed E-state index contributed by atoms with van der Waals surface area (Å²) in [6.45, 7) is 0.